The summed E-state index contributed by atoms with van der Waals surface area (Å²) in [5.74, 6) is 0.492. The van der Waals surface area contributed by atoms with E-state index in [1.54, 1.807) is 12.5 Å². The van der Waals surface area contributed by atoms with Crippen LogP contribution in [0.25, 0.3) is 11.0 Å². The highest BCUT2D eigenvalue weighted by Gasteiger charge is 2.01. The zero-order chi connectivity index (χ0) is 9.26. The third-order valence-electron chi connectivity index (χ3n) is 2.05. The Bertz CT molecular complexity index is 423. The number of hydrogen-bond donors (Lipinski definition) is 0. The van der Waals surface area contributed by atoms with Gasteiger partial charge in [-0.1, -0.05) is 13.8 Å². The third kappa shape index (κ3) is 1.49. The van der Waals surface area contributed by atoms with Crippen LogP contribution in [0.1, 0.15) is 25.3 Å². The lowest BCUT2D eigenvalue weighted by atomic mass is 10.1. The van der Waals surface area contributed by atoms with Crippen LogP contribution in [0.2, 0.25) is 0 Å². The van der Waals surface area contributed by atoms with Gasteiger partial charge in [0.2, 0.25) is 0 Å². The van der Waals surface area contributed by atoms with E-state index in [1.165, 1.54) is 5.56 Å². The average Bonchev–Trinajstić information content (AvgIpc) is 2.17. The molecule has 2 heterocycles. The van der Waals surface area contributed by atoms with Gasteiger partial charge >= 0.3 is 0 Å². The van der Waals surface area contributed by atoms with Gasteiger partial charge in [-0.2, -0.15) is 0 Å². The van der Waals surface area contributed by atoms with Gasteiger partial charge in [0.1, 0.15) is 11.8 Å². The largest absolute Gasteiger partial charge is 0.253 e. The molecule has 0 N–H and O–H groups in total. The minimum atomic E-state index is 0.492. The minimum absolute atomic E-state index is 0.492. The summed E-state index contributed by atoms with van der Waals surface area (Å²) in [6.07, 6.45) is 5.16. The lowest BCUT2D eigenvalue weighted by Crippen LogP contribution is -1.91. The van der Waals surface area contributed by atoms with Crippen molar-refractivity contribution in [3.05, 3.63) is 30.4 Å². The molecule has 3 nitrogen and oxygen atoms in total. The van der Waals surface area contributed by atoms with Gasteiger partial charge in [0.05, 0.1) is 11.7 Å². The molecule has 0 aliphatic heterocycles. The maximum Gasteiger partial charge on any atom is 0.116 e. The molecule has 2 rings (SSSR count). The Balaban J connectivity index is 2.62. The Labute approximate surface area is 76.9 Å². The van der Waals surface area contributed by atoms with Gasteiger partial charge in [-0.25, -0.2) is 9.97 Å². The average molecular weight is 173 g/mol. The first-order chi connectivity index (χ1) is 6.27. The molecule has 0 unspecified atom stereocenters. The van der Waals surface area contributed by atoms with E-state index in [2.05, 4.69) is 34.9 Å². The van der Waals surface area contributed by atoms with Crippen molar-refractivity contribution in [2.45, 2.75) is 19.8 Å². The molecule has 0 aromatic carbocycles. The molecule has 0 bridgehead atoms. The van der Waals surface area contributed by atoms with Crippen molar-refractivity contribution in [1.82, 2.24) is 15.0 Å². The van der Waals surface area contributed by atoms with Crippen molar-refractivity contribution in [1.29, 1.82) is 0 Å². The quantitative estimate of drug-likeness (QED) is 0.663. The summed E-state index contributed by atoms with van der Waals surface area (Å²) in [6.45, 7) is 4.29. The van der Waals surface area contributed by atoms with E-state index in [0.717, 1.165) is 11.0 Å². The van der Waals surface area contributed by atoms with Crippen LogP contribution in [0.3, 0.4) is 0 Å². The number of fused-ring (bicyclic) bond motifs is 1. The van der Waals surface area contributed by atoms with E-state index < -0.39 is 0 Å². The van der Waals surface area contributed by atoms with E-state index in [0.29, 0.717) is 5.92 Å². The number of hydrogen-bond acceptors (Lipinski definition) is 3. The smallest absolute Gasteiger partial charge is 0.116 e. The van der Waals surface area contributed by atoms with E-state index in [1.807, 2.05) is 6.20 Å². The van der Waals surface area contributed by atoms with Crippen LogP contribution in [0.15, 0.2) is 24.8 Å². The SMILES string of the molecule is CC(C)c1cnc2cncnc2c1. The van der Waals surface area contributed by atoms with Crippen LogP contribution in [-0.2, 0) is 0 Å². The molecule has 0 atom stereocenters. The normalized spacial score (nSPS) is 11.0. The van der Waals surface area contributed by atoms with E-state index in [9.17, 15) is 0 Å². The van der Waals surface area contributed by atoms with Gasteiger partial charge in [-0.15, -0.1) is 0 Å². The van der Waals surface area contributed by atoms with Gasteiger partial charge in [-0.05, 0) is 17.5 Å². The van der Waals surface area contributed by atoms with E-state index in [4.69, 9.17) is 0 Å². The number of aromatic nitrogens is 3. The topological polar surface area (TPSA) is 38.7 Å². The molecule has 0 fully saturated rings. The second-order valence-electron chi connectivity index (χ2n) is 3.35. The van der Waals surface area contributed by atoms with Gasteiger partial charge in [-0.3, -0.25) is 4.98 Å². The predicted octanol–water partition coefficient (Wildman–Crippen LogP) is 2.15. The molecule has 2 aromatic rings. The summed E-state index contributed by atoms with van der Waals surface area (Å²) in [4.78, 5) is 12.3. The summed E-state index contributed by atoms with van der Waals surface area (Å²) >= 11 is 0. The van der Waals surface area contributed by atoms with Crippen molar-refractivity contribution >= 4 is 11.0 Å². The highest BCUT2D eigenvalue weighted by molar-refractivity contribution is 5.73. The summed E-state index contributed by atoms with van der Waals surface area (Å²) in [5.41, 5.74) is 2.99. The minimum Gasteiger partial charge on any atom is -0.253 e. The first-order valence-corrected chi connectivity index (χ1v) is 4.33. The molecule has 13 heavy (non-hydrogen) atoms. The van der Waals surface area contributed by atoms with E-state index in [-0.39, 0.29) is 0 Å². The molecule has 0 spiro atoms. The van der Waals surface area contributed by atoms with Crippen molar-refractivity contribution in [3.8, 4) is 0 Å². The molecule has 2 aromatic heterocycles. The zero-order valence-corrected chi connectivity index (χ0v) is 7.73. The lowest BCUT2D eigenvalue weighted by molar-refractivity contribution is 0.861. The fourth-order valence-corrected chi connectivity index (χ4v) is 1.20. The Morgan fingerprint density at radius 1 is 1.08 bits per heavy atom. The van der Waals surface area contributed by atoms with Crippen molar-refractivity contribution in [2.75, 3.05) is 0 Å². The fourth-order valence-electron chi connectivity index (χ4n) is 1.20. The van der Waals surface area contributed by atoms with Crippen LogP contribution in [0.5, 0.6) is 0 Å². The molecule has 0 amide bonds. The lowest BCUT2D eigenvalue weighted by Gasteiger charge is -2.04. The Kier molecular flexibility index (Phi) is 1.93. The second kappa shape index (κ2) is 3.09. The van der Waals surface area contributed by atoms with Gasteiger partial charge in [0.25, 0.3) is 0 Å². The highest BCUT2D eigenvalue weighted by atomic mass is 14.8. The Morgan fingerprint density at radius 2 is 1.92 bits per heavy atom. The number of nitrogens with zero attached hydrogens (tertiary/aromatic N) is 3. The molecular weight excluding hydrogens is 162 g/mol. The summed E-state index contributed by atoms with van der Waals surface area (Å²) in [6, 6.07) is 2.06. The van der Waals surface area contributed by atoms with Crippen LogP contribution >= 0.6 is 0 Å². The molecule has 0 aliphatic rings. The second-order valence-corrected chi connectivity index (χ2v) is 3.35. The van der Waals surface area contributed by atoms with Gasteiger partial charge < -0.3 is 0 Å². The number of pyridine rings is 1. The van der Waals surface area contributed by atoms with Crippen molar-refractivity contribution in [2.24, 2.45) is 0 Å². The Morgan fingerprint density at radius 3 is 2.69 bits per heavy atom. The molecule has 66 valence electrons. The molecule has 0 aliphatic carbocycles. The maximum absolute atomic E-state index is 4.28. The van der Waals surface area contributed by atoms with Crippen LogP contribution in [0.4, 0.5) is 0 Å². The summed E-state index contributed by atoms with van der Waals surface area (Å²) < 4.78 is 0. The van der Waals surface area contributed by atoms with Gasteiger partial charge in [0.15, 0.2) is 0 Å². The molecule has 0 saturated carbocycles. The standard InChI is InChI=1S/C10H11N3/c1-7(2)8-3-9-10(12-4-8)5-11-6-13-9/h3-7H,1-2H3. The zero-order valence-electron chi connectivity index (χ0n) is 7.73. The van der Waals surface area contributed by atoms with Crippen molar-refractivity contribution in [3.63, 3.8) is 0 Å². The molecule has 3 heteroatoms. The fraction of sp³-hybridized carbons (Fsp3) is 0.300. The van der Waals surface area contributed by atoms with Crippen LogP contribution in [0, 0.1) is 0 Å². The monoisotopic (exact) mass is 173 g/mol. The summed E-state index contributed by atoms with van der Waals surface area (Å²) in [5, 5.41) is 0. The first kappa shape index (κ1) is 8.10. The third-order valence-corrected chi connectivity index (χ3v) is 2.05. The first-order valence-electron chi connectivity index (χ1n) is 4.33. The Hall–Kier alpha value is -1.51. The maximum atomic E-state index is 4.28. The van der Waals surface area contributed by atoms with Crippen LogP contribution < -0.4 is 0 Å². The predicted molar refractivity (Wildman–Crippen MR) is 51.4 cm³/mol. The van der Waals surface area contributed by atoms with Crippen molar-refractivity contribution < 1.29 is 0 Å². The molecule has 0 saturated heterocycles. The molecule has 0 radical (unpaired) electrons. The van der Waals surface area contributed by atoms with E-state index >= 15 is 0 Å². The highest BCUT2D eigenvalue weighted by Crippen LogP contribution is 2.16. The summed E-state index contributed by atoms with van der Waals surface area (Å²) in [7, 11) is 0. The van der Waals surface area contributed by atoms with Crippen LogP contribution in [-0.4, -0.2) is 15.0 Å². The van der Waals surface area contributed by atoms with Gasteiger partial charge in [0, 0.05) is 6.20 Å². The number of rotatable bonds is 1. The molecular formula is C10H11N3.